The minimum Gasteiger partial charge on any atom is -0.506 e. The molecule has 0 saturated carbocycles. The number of hydrogen-bond donors (Lipinski definition) is 3. The Bertz CT molecular complexity index is 1160. The molecule has 192 valence electrons. The van der Waals surface area contributed by atoms with E-state index in [1.54, 1.807) is 48.5 Å². The summed E-state index contributed by atoms with van der Waals surface area (Å²) in [5, 5.41) is 17.3. The van der Waals surface area contributed by atoms with E-state index in [1.165, 1.54) is 12.1 Å². The van der Waals surface area contributed by atoms with Gasteiger partial charge in [0.2, 0.25) is 0 Å². The predicted molar refractivity (Wildman–Crippen MR) is 147 cm³/mol. The largest absolute Gasteiger partial charge is 0.506 e. The van der Waals surface area contributed by atoms with E-state index in [1.807, 2.05) is 0 Å². The Hall–Kier alpha value is -2.80. The monoisotopic (exact) mass is 550 g/mol. The van der Waals surface area contributed by atoms with Crippen LogP contribution in [0.2, 0.25) is 15.1 Å². The van der Waals surface area contributed by atoms with Crippen molar-refractivity contribution in [1.29, 1.82) is 0 Å². The van der Waals surface area contributed by atoms with Gasteiger partial charge < -0.3 is 25.2 Å². The minimum absolute atomic E-state index is 0.0465. The Morgan fingerprint density at radius 3 is 2.22 bits per heavy atom. The zero-order chi connectivity index (χ0) is 25.9. The lowest BCUT2D eigenvalue weighted by Gasteiger charge is -2.20. The van der Waals surface area contributed by atoms with Gasteiger partial charge >= 0.3 is 0 Å². The van der Waals surface area contributed by atoms with Crippen LogP contribution in [0.25, 0.3) is 0 Å². The van der Waals surface area contributed by atoms with Crippen LogP contribution in [0.5, 0.6) is 17.2 Å². The van der Waals surface area contributed by atoms with Crippen LogP contribution >= 0.6 is 34.8 Å². The van der Waals surface area contributed by atoms with E-state index in [9.17, 15) is 9.90 Å². The Kier molecular flexibility index (Phi) is 10.9. The van der Waals surface area contributed by atoms with Gasteiger partial charge in [-0.1, -0.05) is 85.3 Å². The molecular weight excluding hydrogens is 523 g/mol. The van der Waals surface area contributed by atoms with Crippen molar-refractivity contribution in [2.45, 2.75) is 45.1 Å². The summed E-state index contributed by atoms with van der Waals surface area (Å²) in [6, 6.07) is 17.0. The second-order valence-corrected chi connectivity index (χ2v) is 9.34. The number of rotatable bonds is 13. The molecule has 0 aliphatic heterocycles. The first-order chi connectivity index (χ1) is 17.4. The molecule has 3 N–H and O–H groups in total. The molecule has 0 bridgehead atoms. The molecule has 0 fully saturated rings. The van der Waals surface area contributed by atoms with Crippen LogP contribution in [0, 0.1) is 0 Å². The van der Waals surface area contributed by atoms with Gasteiger partial charge in [0.15, 0.2) is 12.8 Å². The van der Waals surface area contributed by atoms with Crippen molar-refractivity contribution in [1.82, 2.24) is 0 Å². The average molecular weight is 552 g/mol. The Morgan fingerprint density at radius 1 is 0.889 bits per heavy atom. The molecule has 1 unspecified atom stereocenters. The molecule has 0 aliphatic rings. The summed E-state index contributed by atoms with van der Waals surface area (Å²) < 4.78 is 11.6. The van der Waals surface area contributed by atoms with Gasteiger partial charge in [-0.25, -0.2) is 0 Å². The fraction of sp³-hybridized carbons (Fsp3) is 0.296. The maximum absolute atomic E-state index is 13.1. The first-order valence-corrected chi connectivity index (χ1v) is 12.9. The molecule has 3 aromatic carbocycles. The number of amides is 1. The molecule has 0 radical (unpaired) electrons. The van der Waals surface area contributed by atoms with Gasteiger partial charge in [0.1, 0.15) is 17.2 Å². The Morgan fingerprint density at radius 2 is 1.56 bits per heavy atom. The summed E-state index contributed by atoms with van der Waals surface area (Å²) in [7, 11) is 0. The minimum atomic E-state index is -0.776. The van der Waals surface area contributed by atoms with Crippen LogP contribution in [0.15, 0.2) is 60.7 Å². The van der Waals surface area contributed by atoms with Crippen molar-refractivity contribution in [2.24, 2.45) is 0 Å². The quantitative estimate of drug-likeness (QED) is 0.113. The highest BCUT2D eigenvalue weighted by atomic mass is 35.5. The van der Waals surface area contributed by atoms with Crippen LogP contribution in [0.4, 0.5) is 11.4 Å². The van der Waals surface area contributed by atoms with Crippen molar-refractivity contribution in [3.8, 4) is 17.2 Å². The lowest BCUT2D eigenvalue weighted by Crippen LogP contribution is -2.33. The number of phenols is 1. The predicted octanol–water partition coefficient (Wildman–Crippen LogP) is 8.16. The molecule has 36 heavy (non-hydrogen) atoms. The van der Waals surface area contributed by atoms with Crippen LogP contribution < -0.4 is 20.1 Å². The second kappa shape index (κ2) is 14.1. The first kappa shape index (κ1) is 27.8. The van der Waals surface area contributed by atoms with Crippen molar-refractivity contribution in [3.63, 3.8) is 0 Å². The fourth-order valence-corrected chi connectivity index (χ4v) is 4.04. The number of para-hydroxylation sites is 2. The third-order valence-electron chi connectivity index (χ3n) is 5.39. The third kappa shape index (κ3) is 8.12. The van der Waals surface area contributed by atoms with Crippen molar-refractivity contribution in [3.05, 3.63) is 75.7 Å². The number of benzene rings is 3. The number of aromatic hydroxyl groups is 1. The van der Waals surface area contributed by atoms with E-state index in [2.05, 4.69) is 17.6 Å². The van der Waals surface area contributed by atoms with Crippen molar-refractivity contribution >= 4 is 52.1 Å². The summed E-state index contributed by atoms with van der Waals surface area (Å²) in [5.41, 5.74) is 0.603. The topological polar surface area (TPSA) is 79.8 Å². The summed E-state index contributed by atoms with van der Waals surface area (Å²) >= 11 is 18.7. The SMILES string of the molecule is CCCCCCC(Oc1ccccc1Cl)C(=O)Nc1cc(O)c(NCOc2ccccc2Cl)cc1Cl. The van der Waals surface area contributed by atoms with Gasteiger partial charge in [-0.3, -0.25) is 4.79 Å². The van der Waals surface area contributed by atoms with Crippen LogP contribution in [-0.4, -0.2) is 23.8 Å². The van der Waals surface area contributed by atoms with Gasteiger partial charge in [0.25, 0.3) is 5.91 Å². The van der Waals surface area contributed by atoms with Gasteiger partial charge in [-0.15, -0.1) is 0 Å². The van der Waals surface area contributed by atoms with E-state index in [-0.39, 0.29) is 29.1 Å². The van der Waals surface area contributed by atoms with Crippen LogP contribution in [-0.2, 0) is 4.79 Å². The van der Waals surface area contributed by atoms with Crippen molar-refractivity contribution in [2.75, 3.05) is 17.4 Å². The smallest absolute Gasteiger partial charge is 0.265 e. The second-order valence-electron chi connectivity index (χ2n) is 8.12. The Labute approximate surface area is 226 Å². The molecule has 6 nitrogen and oxygen atoms in total. The number of nitrogens with one attached hydrogen (secondary N) is 2. The zero-order valence-electron chi connectivity index (χ0n) is 19.9. The molecule has 0 aliphatic carbocycles. The molecule has 3 aromatic rings. The van der Waals surface area contributed by atoms with E-state index in [4.69, 9.17) is 44.3 Å². The molecule has 0 heterocycles. The van der Waals surface area contributed by atoms with E-state index in [0.717, 1.165) is 25.7 Å². The van der Waals surface area contributed by atoms with Gasteiger partial charge in [0.05, 0.1) is 26.4 Å². The normalized spacial score (nSPS) is 11.6. The molecular formula is C27H29Cl3N2O4. The summed E-state index contributed by atoms with van der Waals surface area (Å²) in [4.78, 5) is 13.1. The van der Waals surface area contributed by atoms with Gasteiger partial charge in [0, 0.05) is 6.07 Å². The number of phenolic OH excluding ortho intramolecular Hbond substituents is 1. The summed E-state index contributed by atoms with van der Waals surface area (Å²) in [6.07, 6.45) is 3.71. The number of hydrogen-bond acceptors (Lipinski definition) is 5. The molecule has 1 atom stereocenters. The highest BCUT2D eigenvalue weighted by molar-refractivity contribution is 6.34. The molecule has 9 heteroatoms. The number of halogens is 3. The Balaban J connectivity index is 1.66. The lowest BCUT2D eigenvalue weighted by atomic mass is 10.1. The number of carbonyl (C=O) groups excluding carboxylic acids is 1. The molecule has 1 amide bonds. The first-order valence-electron chi connectivity index (χ1n) is 11.7. The third-order valence-corrected chi connectivity index (χ3v) is 6.33. The fourth-order valence-electron chi connectivity index (χ4n) is 3.46. The number of carbonyl (C=O) groups is 1. The van der Waals surface area contributed by atoms with Crippen LogP contribution in [0.3, 0.4) is 0 Å². The highest BCUT2D eigenvalue weighted by Gasteiger charge is 2.23. The standard InChI is InChI=1S/C27H29Cl3N2O4/c1-2-3-4-5-14-26(36-25-13-9-7-11-19(25)29)27(34)32-21-16-23(33)22(15-20(21)30)31-17-35-24-12-8-6-10-18(24)28/h6-13,15-16,26,31,33H,2-5,14,17H2,1H3,(H,32,34). The molecule has 0 saturated heterocycles. The number of ether oxygens (including phenoxy) is 2. The molecule has 0 aromatic heterocycles. The van der Waals surface area contributed by atoms with E-state index in [0.29, 0.717) is 33.7 Å². The highest BCUT2D eigenvalue weighted by Crippen LogP contribution is 2.34. The van der Waals surface area contributed by atoms with Gasteiger partial charge in [-0.2, -0.15) is 0 Å². The maximum Gasteiger partial charge on any atom is 0.265 e. The van der Waals surface area contributed by atoms with Gasteiger partial charge in [-0.05, 0) is 43.2 Å². The van der Waals surface area contributed by atoms with Crippen molar-refractivity contribution < 1.29 is 19.4 Å². The zero-order valence-corrected chi connectivity index (χ0v) is 22.2. The molecule has 0 spiro atoms. The number of unbranched alkanes of at least 4 members (excludes halogenated alkanes) is 3. The summed E-state index contributed by atoms with van der Waals surface area (Å²) in [5.74, 6) is 0.450. The molecule has 3 rings (SSSR count). The maximum atomic E-state index is 13.1. The number of anilines is 2. The van der Waals surface area contributed by atoms with Crippen LogP contribution in [0.1, 0.15) is 39.0 Å². The van der Waals surface area contributed by atoms with E-state index < -0.39 is 6.10 Å². The van der Waals surface area contributed by atoms with E-state index >= 15 is 0 Å². The summed E-state index contributed by atoms with van der Waals surface area (Å²) in [6.45, 7) is 2.17. The average Bonchev–Trinajstić information content (AvgIpc) is 2.86. The lowest BCUT2D eigenvalue weighted by molar-refractivity contribution is -0.123.